The molecule has 2 saturated heterocycles. The number of piperidine rings is 2. The molecule has 3 atom stereocenters. The first kappa shape index (κ1) is 18.1. The molecule has 0 saturated carbocycles. The molecule has 1 unspecified atom stereocenters. The van der Waals surface area contributed by atoms with Crippen molar-refractivity contribution in [1.29, 1.82) is 0 Å². The van der Waals surface area contributed by atoms with Crippen LogP contribution in [-0.4, -0.2) is 29.1 Å². The third-order valence-corrected chi connectivity index (χ3v) is 6.03. The zero-order valence-corrected chi connectivity index (χ0v) is 16.0. The van der Waals surface area contributed by atoms with Gasteiger partial charge in [-0.2, -0.15) is 0 Å². The predicted octanol–water partition coefficient (Wildman–Crippen LogP) is 4.55. The Bertz CT molecular complexity index is 745. The number of hydrogen-bond donors (Lipinski definition) is 2. The normalized spacial score (nSPS) is 25.1. The number of furan rings is 1. The second kappa shape index (κ2) is 8.17. The Hall–Kier alpha value is -2.27. The molecule has 1 aromatic heterocycles. The fourth-order valence-electron chi connectivity index (χ4n) is 4.73. The van der Waals surface area contributed by atoms with Crippen LogP contribution in [0.4, 0.5) is 10.5 Å². The quantitative estimate of drug-likeness (QED) is 0.815. The fraction of sp³-hybridized carbons (Fsp3) is 0.500. The molecule has 5 nitrogen and oxygen atoms in total. The van der Waals surface area contributed by atoms with E-state index in [0.717, 1.165) is 42.8 Å². The topological polar surface area (TPSA) is 57.5 Å². The summed E-state index contributed by atoms with van der Waals surface area (Å²) in [5.41, 5.74) is 2.07. The number of hydrogen-bond acceptors (Lipinski definition) is 3. The van der Waals surface area contributed by atoms with Gasteiger partial charge in [-0.1, -0.05) is 31.5 Å². The average Bonchev–Trinajstić information content (AvgIpc) is 3.16. The van der Waals surface area contributed by atoms with Crippen molar-refractivity contribution in [2.45, 2.75) is 70.1 Å². The molecule has 2 bridgehead atoms. The number of aryl methyl sites for hydroxylation is 1. The van der Waals surface area contributed by atoms with Gasteiger partial charge in [0, 0.05) is 23.8 Å². The minimum absolute atomic E-state index is 0.0848. The van der Waals surface area contributed by atoms with Gasteiger partial charge >= 0.3 is 6.03 Å². The van der Waals surface area contributed by atoms with E-state index in [4.69, 9.17) is 4.42 Å². The van der Waals surface area contributed by atoms with Gasteiger partial charge in [0.15, 0.2) is 0 Å². The van der Waals surface area contributed by atoms with Crippen LogP contribution in [-0.2, 0) is 13.0 Å². The van der Waals surface area contributed by atoms with E-state index in [1.54, 1.807) is 6.26 Å². The van der Waals surface area contributed by atoms with Crippen molar-refractivity contribution in [3.05, 3.63) is 54.0 Å². The highest BCUT2D eigenvalue weighted by molar-refractivity contribution is 5.90. The first-order valence-corrected chi connectivity index (χ1v) is 10.2. The van der Waals surface area contributed by atoms with Gasteiger partial charge in [0.25, 0.3) is 0 Å². The van der Waals surface area contributed by atoms with Crippen molar-refractivity contribution < 1.29 is 9.21 Å². The number of benzene rings is 1. The molecule has 0 aliphatic carbocycles. The van der Waals surface area contributed by atoms with Crippen LogP contribution in [0.15, 0.2) is 47.1 Å². The smallest absolute Gasteiger partial charge is 0.319 e. The largest absolute Gasteiger partial charge is 0.468 e. The van der Waals surface area contributed by atoms with E-state index in [2.05, 4.69) is 34.6 Å². The van der Waals surface area contributed by atoms with E-state index in [-0.39, 0.29) is 12.1 Å². The summed E-state index contributed by atoms with van der Waals surface area (Å²) >= 11 is 0. The Morgan fingerprint density at radius 2 is 1.93 bits per heavy atom. The van der Waals surface area contributed by atoms with Crippen LogP contribution in [0.2, 0.25) is 0 Å². The highest BCUT2D eigenvalue weighted by Crippen LogP contribution is 2.35. The van der Waals surface area contributed by atoms with Gasteiger partial charge < -0.3 is 15.1 Å². The average molecular weight is 367 g/mol. The number of amides is 2. The Balaban J connectivity index is 1.36. The van der Waals surface area contributed by atoms with Gasteiger partial charge in [-0.3, -0.25) is 4.90 Å². The summed E-state index contributed by atoms with van der Waals surface area (Å²) in [6.07, 6.45) is 8.38. The van der Waals surface area contributed by atoms with E-state index in [1.807, 2.05) is 24.3 Å². The lowest BCUT2D eigenvalue weighted by Crippen LogP contribution is -2.56. The monoisotopic (exact) mass is 367 g/mol. The van der Waals surface area contributed by atoms with E-state index in [0.29, 0.717) is 12.1 Å². The third-order valence-electron chi connectivity index (χ3n) is 6.03. The lowest BCUT2D eigenvalue weighted by molar-refractivity contribution is 0.0150. The van der Waals surface area contributed by atoms with Crippen LogP contribution >= 0.6 is 0 Å². The molecule has 2 N–H and O–H groups in total. The zero-order valence-electron chi connectivity index (χ0n) is 16.0. The van der Waals surface area contributed by atoms with Crippen molar-refractivity contribution in [1.82, 2.24) is 10.2 Å². The summed E-state index contributed by atoms with van der Waals surface area (Å²) in [7, 11) is 0. The number of nitrogens with zero attached hydrogens (tertiary/aromatic N) is 1. The lowest BCUT2D eigenvalue weighted by Gasteiger charge is -2.48. The van der Waals surface area contributed by atoms with Crippen LogP contribution in [0, 0.1) is 0 Å². The lowest BCUT2D eigenvalue weighted by atomic mass is 9.81. The number of carbonyl (C=O) groups is 1. The molecule has 0 spiro atoms. The van der Waals surface area contributed by atoms with Gasteiger partial charge in [-0.05, 0) is 55.9 Å². The molecule has 5 heteroatoms. The maximum atomic E-state index is 12.6. The van der Waals surface area contributed by atoms with Crippen molar-refractivity contribution in [2.24, 2.45) is 0 Å². The number of para-hydroxylation sites is 1. The summed E-state index contributed by atoms with van der Waals surface area (Å²) in [6, 6.07) is 13.2. The van der Waals surface area contributed by atoms with Crippen LogP contribution in [0.3, 0.4) is 0 Å². The Kier molecular flexibility index (Phi) is 5.48. The highest BCUT2D eigenvalue weighted by Gasteiger charge is 2.38. The minimum Gasteiger partial charge on any atom is -0.468 e. The molecule has 144 valence electrons. The van der Waals surface area contributed by atoms with Crippen LogP contribution < -0.4 is 10.6 Å². The SMILES string of the molecule is CCc1ccccc1NC(=O)NC1C[C@H]2CCC[C@@H](C1)N2Cc1ccco1. The van der Waals surface area contributed by atoms with Gasteiger partial charge in [0.2, 0.25) is 0 Å². The molecular formula is C22H29N3O2. The molecule has 2 amide bonds. The summed E-state index contributed by atoms with van der Waals surface area (Å²) in [5.74, 6) is 1.03. The van der Waals surface area contributed by atoms with Crippen LogP contribution in [0.5, 0.6) is 0 Å². The standard InChI is InChI=1S/C22H29N3O2/c1-2-16-7-3-4-11-21(16)24-22(26)23-17-13-18-8-5-9-19(14-17)25(18)15-20-10-6-12-27-20/h3-4,6-7,10-12,17-19H,2,5,8-9,13-15H2,1H3,(H2,23,24,26)/t17?,18-,19+. The first-order chi connectivity index (χ1) is 13.2. The number of fused-ring (bicyclic) bond motifs is 2. The molecule has 1 aromatic carbocycles. The summed E-state index contributed by atoms with van der Waals surface area (Å²) in [6.45, 7) is 2.99. The molecule has 2 aliphatic rings. The second-order valence-corrected chi connectivity index (χ2v) is 7.77. The number of nitrogens with one attached hydrogen (secondary N) is 2. The predicted molar refractivity (Wildman–Crippen MR) is 107 cm³/mol. The minimum atomic E-state index is -0.0848. The van der Waals surface area contributed by atoms with E-state index >= 15 is 0 Å². The van der Waals surface area contributed by atoms with Crippen molar-refractivity contribution in [2.75, 3.05) is 5.32 Å². The van der Waals surface area contributed by atoms with Crippen molar-refractivity contribution in [3.8, 4) is 0 Å². The Morgan fingerprint density at radius 1 is 1.15 bits per heavy atom. The second-order valence-electron chi connectivity index (χ2n) is 7.77. The van der Waals surface area contributed by atoms with Crippen LogP contribution in [0.25, 0.3) is 0 Å². The van der Waals surface area contributed by atoms with E-state index in [9.17, 15) is 4.79 Å². The number of urea groups is 1. The third kappa shape index (κ3) is 4.19. The molecule has 4 rings (SSSR count). The van der Waals surface area contributed by atoms with Gasteiger partial charge in [-0.15, -0.1) is 0 Å². The number of carbonyl (C=O) groups excluding carboxylic acids is 1. The molecule has 3 heterocycles. The summed E-state index contributed by atoms with van der Waals surface area (Å²) in [4.78, 5) is 15.1. The molecule has 2 fully saturated rings. The summed E-state index contributed by atoms with van der Waals surface area (Å²) in [5, 5.41) is 6.27. The van der Waals surface area contributed by atoms with Crippen molar-refractivity contribution in [3.63, 3.8) is 0 Å². The van der Waals surface area contributed by atoms with Crippen LogP contribution in [0.1, 0.15) is 50.4 Å². The molecule has 0 radical (unpaired) electrons. The molecule has 2 aromatic rings. The first-order valence-electron chi connectivity index (χ1n) is 10.2. The number of rotatable bonds is 5. The van der Waals surface area contributed by atoms with Gasteiger partial charge in [0.05, 0.1) is 12.8 Å². The zero-order chi connectivity index (χ0) is 18.6. The van der Waals surface area contributed by atoms with Gasteiger partial charge in [-0.25, -0.2) is 4.79 Å². The highest BCUT2D eigenvalue weighted by atomic mass is 16.3. The van der Waals surface area contributed by atoms with Crippen molar-refractivity contribution >= 4 is 11.7 Å². The van der Waals surface area contributed by atoms with E-state index in [1.165, 1.54) is 19.3 Å². The van der Waals surface area contributed by atoms with Gasteiger partial charge in [0.1, 0.15) is 5.76 Å². The maximum absolute atomic E-state index is 12.6. The molecular weight excluding hydrogens is 338 g/mol. The number of anilines is 1. The Morgan fingerprint density at radius 3 is 2.63 bits per heavy atom. The van der Waals surface area contributed by atoms with E-state index < -0.39 is 0 Å². The fourth-order valence-corrected chi connectivity index (χ4v) is 4.73. The summed E-state index contributed by atoms with van der Waals surface area (Å²) < 4.78 is 5.56. The Labute approximate surface area is 161 Å². The molecule has 27 heavy (non-hydrogen) atoms. The molecule has 2 aliphatic heterocycles. The maximum Gasteiger partial charge on any atom is 0.319 e.